The van der Waals surface area contributed by atoms with Crippen molar-refractivity contribution < 1.29 is 18.0 Å². The number of rotatable bonds is 11. The van der Waals surface area contributed by atoms with E-state index < -0.39 is 28.5 Å². The predicted octanol–water partition coefficient (Wildman–Crippen LogP) is 5.88. The van der Waals surface area contributed by atoms with E-state index in [-0.39, 0.29) is 39.5 Å². The van der Waals surface area contributed by atoms with Gasteiger partial charge in [-0.1, -0.05) is 102 Å². The maximum absolute atomic E-state index is 14.3. The highest BCUT2D eigenvalue weighted by molar-refractivity contribution is 7.92. The van der Waals surface area contributed by atoms with Gasteiger partial charge in [0.1, 0.15) is 12.6 Å². The lowest BCUT2D eigenvalue weighted by atomic mass is 10.0. The Morgan fingerprint density at radius 3 is 2.12 bits per heavy atom. The quantitative estimate of drug-likeness (QED) is 0.226. The number of anilines is 1. The van der Waals surface area contributed by atoms with E-state index in [4.69, 9.17) is 23.2 Å². The SMILES string of the molecule is CNC(=O)C(Cc1ccccc1)N(Cc1cccc(C)c1)C(=O)CN(c1cc(Cl)ccc1Cl)S(=O)(=O)c1ccccc1. The summed E-state index contributed by atoms with van der Waals surface area (Å²) in [4.78, 5) is 29.0. The molecule has 0 heterocycles. The molecule has 0 aliphatic carbocycles. The van der Waals surface area contributed by atoms with Crippen molar-refractivity contribution in [3.63, 3.8) is 0 Å². The molecular formula is C32H31Cl2N3O4S. The van der Waals surface area contributed by atoms with Crippen LogP contribution in [-0.2, 0) is 32.6 Å². The lowest BCUT2D eigenvalue weighted by molar-refractivity contribution is -0.139. The molecule has 1 unspecified atom stereocenters. The summed E-state index contributed by atoms with van der Waals surface area (Å²) in [6.07, 6.45) is 0.224. The average molecular weight is 625 g/mol. The number of hydrogen-bond acceptors (Lipinski definition) is 4. The molecule has 0 aliphatic heterocycles. The monoisotopic (exact) mass is 623 g/mol. The van der Waals surface area contributed by atoms with Crippen LogP contribution in [0.15, 0.2) is 108 Å². The van der Waals surface area contributed by atoms with Crippen LogP contribution >= 0.6 is 23.2 Å². The summed E-state index contributed by atoms with van der Waals surface area (Å²) in [5.74, 6) is -0.963. The maximum atomic E-state index is 14.3. The van der Waals surface area contributed by atoms with Crippen LogP contribution in [0.1, 0.15) is 16.7 Å². The second kappa shape index (κ2) is 13.9. The summed E-state index contributed by atoms with van der Waals surface area (Å²) in [5, 5.41) is 3.02. The van der Waals surface area contributed by atoms with E-state index in [0.29, 0.717) is 0 Å². The van der Waals surface area contributed by atoms with Crippen LogP contribution in [0.3, 0.4) is 0 Å². The van der Waals surface area contributed by atoms with Gasteiger partial charge in [-0.25, -0.2) is 8.42 Å². The first-order valence-electron chi connectivity index (χ1n) is 13.2. The van der Waals surface area contributed by atoms with E-state index in [9.17, 15) is 18.0 Å². The Morgan fingerprint density at radius 1 is 0.833 bits per heavy atom. The highest BCUT2D eigenvalue weighted by Gasteiger charge is 2.35. The van der Waals surface area contributed by atoms with E-state index in [0.717, 1.165) is 21.0 Å². The Hall–Kier alpha value is -3.85. The third-order valence-electron chi connectivity index (χ3n) is 6.74. The zero-order valence-electron chi connectivity index (χ0n) is 23.2. The molecule has 0 aromatic heterocycles. The number of amides is 2. The van der Waals surface area contributed by atoms with Gasteiger partial charge in [0, 0.05) is 25.0 Å². The summed E-state index contributed by atoms with van der Waals surface area (Å²) in [5.41, 5.74) is 2.68. The second-order valence-electron chi connectivity index (χ2n) is 9.75. The van der Waals surface area contributed by atoms with Gasteiger partial charge in [0.15, 0.2) is 0 Å². The minimum atomic E-state index is -4.27. The smallest absolute Gasteiger partial charge is 0.264 e. The van der Waals surface area contributed by atoms with Gasteiger partial charge in [0.25, 0.3) is 10.0 Å². The lowest BCUT2D eigenvalue weighted by Gasteiger charge is -2.34. The van der Waals surface area contributed by atoms with E-state index >= 15 is 0 Å². The van der Waals surface area contributed by atoms with Crippen molar-refractivity contribution in [2.24, 2.45) is 0 Å². The number of nitrogens with zero attached hydrogens (tertiary/aromatic N) is 2. The molecule has 0 radical (unpaired) electrons. The van der Waals surface area contributed by atoms with Crippen molar-refractivity contribution in [3.8, 4) is 0 Å². The number of sulfonamides is 1. The van der Waals surface area contributed by atoms with Crippen molar-refractivity contribution in [2.75, 3.05) is 17.9 Å². The molecule has 4 aromatic carbocycles. The Bertz CT molecular complexity index is 1650. The van der Waals surface area contributed by atoms with Crippen LogP contribution in [0, 0.1) is 6.92 Å². The number of aryl methyl sites for hydroxylation is 1. The predicted molar refractivity (Wildman–Crippen MR) is 167 cm³/mol. The minimum absolute atomic E-state index is 0.0220. The van der Waals surface area contributed by atoms with Crippen molar-refractivity contribution in [2.45, 2.75) is 30.8 Å². The molecule has 2 amide bonds. The van der Waals surface area contributed by atoms with E-state index in [2.05, 4.69) is 5.32 Å². The molecule has 1 N–H and O–H groups in total. The first-order valence-corrected chi connectivity index (χ1v) is 15.4. The fraction of sp³-hybridized carbons (Fsp3) is 0.188. The normalized spacial score (nSPS) is 11.9. The molecule has 0 saturated heterocycles. The zero-order chi connectivity index (χ0) is 30.3. The van der Waals surface area contributed by atoms with Gasteiger partial charge in [-0.2, -0.15) is 0 Å². The Kier molecular flexibility index (Phi) is 10.3. The van der Waals surface area contributed by atoms with Gasteiger partial charge < -0.3 is 10.2 Å². The molecule has 0 bridgehead atoms. The Morgan fingerprint density at radius 2 is 1.48 bits per heavy atom. The molecule has 0 spiro atoms. The van der Waals surface area contributed by atoms with Gasteiger partial charge in [0.05, 0.1) is 15.6 Å². The zero-order valence-corrected chi connectivity index (χ0v) is 25.5. The first kappa shape index (κ1) is 31.1. The summed E-state index contributed by atoms with van der Waals surface area (Å²) in [6.45, 7) is 1.39. The van der Waals surface area contributed by atoms with Gasteiger partial charge in [-0.05, 0) is 48.4 Å². The van der Waals surface area contributed by atoms with Gasteiger partial charge >= 0.3 is 0 Å². The van der Waals surface area contributed by atoms with Crippen LogP contribution in [0.5, 0.6) is 0 Å². The molecule has 42 heavy (non-hydrogen) atoms. The summed E-state index contributed by atoms with van der Waals surface area (Å²) in [7, 11) is -2.76. The molecule has 218 valence electrons. The Balaban J connectivity index is 1.81. The molecule has 4 aromatic rings. The number of carbonyl (C=O) groups is 2. The highest BCUT2D eigenvalue weighted by atomic mass is 35.5. The van der Waals surface area contributed by atoms with Crippen molar-refractivity contribution >= 4 is 50.7 Å². The second-order valence-corrected chi connectivity index (χ2v) is 12.5. The maximum Gasteiger partial charge on any atom is 0.264 e. The third kappa shape index (κ3) is 7.50. The van der Waals surface area contributed by atoms with Crippen molar-refractivity contribution in [1.82, 2.24) is 10.2 Å². The van der Waals surface area contributed by atoms with Crippen LogP contribution in [0.4, 0.5) is 5.69 Å². The van der Waals surface area contributed by atoms with E-state index in [1.54, 1.807) is 18.2 Å². The van der Waals surface area contributed by atoms with Crippen LogP contribution in [0.25, 0.3) is 0 Å². The van der Waals surface area contributed by atoms with E-state index in [1.165, 1.54) is 42.3 Å². The van der Waals surface area contributed by atoms with E-state index in [1.807, 2.05) is 61.5 Å². The van der Waals surface area contributed by atoms with Crippen molar-refractivity contribution in [3.05, 3.63) is 130 Å². The molecule has 0 fully saturated rings. The molecular weight excluding hydrogens is 593 g/mol. The third-order valence-corrected chi connectivity index (χ3v) is 9.07. The highest BCUT2D eigenvalue weighted by Crippen LogP contribution is 2.33. The average Bonchev–Trinajstić information content (AvgIpc) is 2.99. The molecule has 7 nitrogen and oxygen atoms in total. The number of likely N-dealkylation sites (N-methyl/N-ethyl adjacent to an activating group) is 1. The number of nitrogens with one attached hydrogen (secondary N) is 1. The van der Waals surface area contributed by atoms with Crippen molar-refractivity contribution in [1.29, 1.82) is 0 Å². The number of benzene rings is 4. The Labute approximate surface area is 256 Å². The fourth-order valence-corrected chi connectivity index (χ4v) is 6.52. The van der Waals surface area contributed by atoms with Gasteiger partial charge in [-0.3, -0.25) is 13.9 Å². The number of halogens is 2. The van der Waals surface area contributed by atoms with Crippen LogP contribution in [-0.4, -0.2) is 44.8 Å². The first-order chi connectivity index (χ1) is 20.1. The molecule has 0 aliphatic rings. The number of hydrogen-bond donors (Lipinski definition) is 1. The largest absolute Gasteiger partial charge is 0.357 e. The number of carbonyl (C=O) groups excluding carboxylic acids is 2. The minimum Gasteiger partial charge on any atom is -0.357 e. The topological polar surface area (TPSA) is 86.8 Å². The summed E-state index contributed by atoms with van der Waals surface area (Å²) in [6, 6.07) is 28.2. The molecule has 10 heteroatoms. The van der Waals surface area contributed by atoms with Gasteiger partial charge in [-0.15, -0.1) is 0 Å². The van der Waals surface area contributed by atoms with Crippen LogP contribution < -0.4 is 9.62 Å². The molecule has 0 saturated carbocycles. The fourth-order valence-electron chi connectivity index (χ4n) is 4.64. The van der Waals surface area contributed by atoms with Crippen LogP contribution in [0.2, 0.25) is 10.0 Å². The summed E-state index contributed by atoms with van der Waals surface area (Å²) >= 11 is 12.7. The molecule has 1 atom stereocenters. The lowest BCUT2D eigenvalue weighted by Crippen LogP contribution is -2.53. The van der Waals surface area contributed by atoms with Gasteiger partial charge in [0.2, 0.25) is 11.8 Å². The summed E-state index contributed by atoms with van der Waals surface area (Å²) < 4.78 is 28.9. The molecule has 4 rings (SSSR count). The standard InChI is InChI=1S/C32H31Cl2N3O4S/c1-23-10-9-13-25(18-23)21-36(30(32(39)35-2)19-24-11-5-3-6-12-24)31(38)22-37(29-20-26(33)16-17-28(29)34)42(40,41)27-14-7-4-8-15-27/h3-18,20,30H,19,21-22H2,1-2H3,(H,35,39).